The largest absolute Gasteiger partial charge is 0.337 e. The summed E-state index contributed by atoms with van der Waals surface area (Å²) in [6, 6.07) is 17.0. The topological polar surface area (TPSA) is 33.2 Å². The molecule has 0 saturated heterocycles. The summed E-state index contributed by atoms with van der Waals surface area (Å²) in [5.74, 6) is -0.0516. The Balaban J connectivity index is 1.89. The number of para-hydroxylation sites is 1. The molecular weight excluding hydrogens is 296 g/mol. The smallest absolute Gasteiger partial charge is 0.256 e. The fraction of sp³-hybridized carbons (Fsp3) is 0.111. The number of halogens is 1. The number of hydrogen-bond donors (Lipinski definition) is 0. The van der Waals surface area contributed by atoms with E-state index in [4.69, 9.17) is 11.6 Å². The molecule has 0 aliphatic heterocycles. The van der Waals surface area contributed by atoms with Gasteiger partial charge < -0.3 is 4.90 Å². The number of amides is 1. The van der Waals surface area contributed by atoms with Crippen LogP contribution >= 0.6 is 11.6 Å². The van der Waals surface area contributed by atoms with E-state index in [1.807, 2.05) is 54.6 Å². The van der Waals surface area contributed by atoms with E-state index in [1.54, 1.807) is 18.1 Å². The zero-order valence-corrected chi connectivity index (χ0v) is 12.9. The zero-order chi connectivity index (χ0) is 15.5. The molecule has 0 spiro atoms. The quantitative estimate of drug-likeness (QED) is 0.727. The van der Waals surface area contributed by atoms with Crippen LogP contribution in [-0.4, -0.2) is 22.8 Å². The molecule has 22 heavy (non-hydrogen) atoms. The molecule has 3 nitrogen and oxygen atoms in total. The third-order valence-electron chi connectivity index (χ3n) is 3.52. The monoisotopic (exact) mass is 310 g/mol. The first-order valence-corrected chi connectivity index (χ1v) is 7.36. The van der Waals surface area contributed by atoms with Crippen LogP contribution in [0.3, 0.4) is 0 Å². The van der Waals surface area contributed by atoms with Crippen molar-refractivity contribution in [2.45, 2.75) is 6.54 Å². The van der Waals surface area contributed by atoms with Gasteiger partial charge in [0.15, 0.2) is 0 Å². The summed E-state index contributed by atoms with van der Waals surface area (Å²) in [5, 5.41) is 1.63. The molecule has 0 fully saturated rings. The molecule has 110 valence electrons. The lowest BCUT2D eigenvalue weighted by Crippen LogP contribution is -2.26. The van der Waals surface area contributed by atoms with Crippen molar-refractivity contribution in [2.75, 3.05) is 7.05 Å². The first kappa shape index (κ1) is 14.5. The van der Waals surface area contributed by atoms with Gasteiger partial charge in [0.05, 0.1) is 11.1 Å². The summed E-state index contributed by atoms with van der Waals surface area (Å²) >= 11 is 5.99. The minimum atomic E-state index is -0.0516. The molecule has 0 atom stereocenters. The molecule has 1 aromatic heterocycles. The highest BCUT2D eigenvalue weighted by atomic mass is 35.5. The van der Waals surface area contributed by atoms with Gasteiger partial charge in [-0.2, -0.15) is 0 Å². The highest BCUT2D eigenvalue weighted by Crippen LogP contribution is 2.19. The van der Waals surface area contributed by atoms with E-state index in [9.17, 15) is 4.79 Å². The van der Waals surface area contributed by atoms with Crippen LogP contribution in [-0.2, 0) is 6.54 Å². The molecule has 1 heterocycles. The molecule has 3 aromatic rings. The van der Waals surface area contributed by atoms with Crippen LogP contribution in [0.1, 0.15) is 15.9 Å². The van der Waals surface area contributed by atoms with Gasteiger partial charge >= 0.3 is 0 Å². The highest BCUT2D eigenvalue weighted by molar-refractivity contribution is 6.30. The van der Waals surface area contributed by atoms with Gasteiger partial charge in [-0.3, -0.25) is 9.78 Å². The Kier molecular flexibility index (Phi) is 4.07. The molecule has 0 bridgehead atoms. The van der Waals surface area contributed by atoms with Crippen LogP contribution in [0.4, 0.5) is 0 Å². The van der Waals surface area contributed by atoms with Crippen molar-refractivity contribution < 1.29 is 4.79 Å². The Bertz CT molecular complexity index is 827. The van der Waals surface area contributed by atoms with Crippen LogP contribution in [0, 0.1) is 0 Å². The van der Waals surface area contributed by atoms with Crippen molar-refractivity contribution in [2.24, 2.45) is 0 Å². The molecule has 0 unspecified atom stereocenters. The van der Waals surface area contributed by atoms with Gasteiger partial charge in [0.2, 0.25) is 0 Å². The fourth-order valence-corrected chi connectivity index (χ4v) is 2.68. The molecule has 0 radical (unpaired) electrons. The van der Waals surface area contributed by atoms with E-state index in [2.05, 4.69) is 4.98 Å². The van der Waals surface area contributed by atoms with Crippen LogP contribution in [0.5, 0.6) is 0 Å². The van der Waals surface area contributed by atoms with E-state index < -0.39 is 0 Å². The Labute approximate surface area is 134 Å². The summed E-state index contributed by atoms with van der Waals surface area (Å²) in [6.45, 7) is 0.503. The standard InChI is InChI=1S/C18H15ClN2O/c1-21(12-13-5-2-8-15(19)11-13)18(22)16-9-3-6-14-7-4-10-20-17(14)16/h2-11H,12H2,1H3. The summed E-state index contributed by atoms with van der Waals surface area (Å²) in [4.78, 5) is 18.7. The van der Waals surface area contributed by atoms with Crippen molar-refractivity contribution in [3.63, 3.8) is 0 Å². The van der Waals surface area contributed by atoms with Crippen molar-refractivity contribution in [3.05, 3.63) is 76.9 Å². The second kappa shape index (κ2) is 6.16. The molecule has 0 N–H and O–H groups in total. The van der Waals surface area contributed by atoms with E-state index in [-0.39, 0.29) is 5.91 Å². The van der Waals surface area contributed by atoms with Crippen molar-refractivity contribution >= 4 is 28.4 Å². The second-order valence-corrected chi connectivity index (χ2v) is 5.61. The van der Waals surface area contributed by atoms with E-state index in [0.717, 1.165) is 16.5 Å². The Morgan fingerprint density at radius 3 is 2.73 bits per heavy atom. The molecule has 2 aromatic carbocycles. The number of hydrogen-bond acceptors (Lipinski definition) is 2. The molecule has 1 amide bonds. The average Bonchev–Trinajstić information content (AvgIpc) is 2.53. The van der Waals surface area contributed by atoms with Gasteiger partial charge in [0.25, 0.3) is 5.91 Å². The predicted molar refractivity (Wildman–Crippen MR) is 89.0 cm³/mol. The molecule has 3 rings (SSSR count). The lowest BCUT2D eigenvalue weighted by atomic mass is 10.1. The van der Waals surface area contributed by atoms with Crippen LogP contribution in [0.15, 0.2) is 60.8 Å². The maximum atomic E-state index is 12.7. The second-order valence-electron chi connectivity index (χ2n) is 5.17. The van der Waals surface area contributed by atoms with Gasteiger partial charge in [-0.25, -0.2) is 0 Å². The van der Waals surface area contributed by atoms with E-state index >= 15 is 0 Å². The van der Waals surface area contributed by atoms with Crippen LogP contribution < -0.4 is 0 Å². The molecule has 0 saturated carbocycles. The molecular formula is C18H15ClN2O. The minimum absolute atomic E-state index is 0.0516. The number of fused-ring (bicyclic) bond motifs is 1. The number of carbonyl (C=O) groups is 1. The van der Waals surface area contributed by atoms with Crippen molar-refractivity contribution in [1.82, 2.24) is 9.88 Å². The van der Waals surface area contributed by atoms with Crippen molar-refractivity contribution in [3.8, 4) is 0 Å². The van der Waals surface area contributed by atoms with E-state index in [1.165, 1.54) is 0 Å². The lowest BCUT2D eigenvalue weighted by molar-refractivity contribution is 0.0787. The zero-order valence-electron chi connectivity index (χ0n) is 12.2. The van der Waals surface area contributed by atoms with Gasteiger partial charge in [-0.15, -0.1) is 0 Å². The maximum absolute atomic E-state index is 12.7. The van der Waals surface area contributed by atoms with Crippen LogP contribution in [0.2, 0.25) is 5.02 Å². The SMILES string of the molecule is CN(Cc1cccc(Cl)c1)C(=O)c1cccc2cccnc12. The molecule has 4 heteroatoms. The van der Waals surface area contributed by atoms with Gasteiger partial charge in [0.1, 0.15) is 0 Å². The van der Waals surface area contributed by atoms with Crippen molar-refractivity contribution in [1.29, 1.82) is 0 Å². The summed E-state index contributed by atoms with van der Waals surface area (Å²) < 4.78 is 0. The van der Waals surface area contributed by atoms with Crippen LogP contribution in [0.25, 0.3) is 10.9 Å². The minimum Gasteiger partial charge on any atom is -0.337 e. The van der Waals surface area contributed by atoms with Gasteiger partial charge in [-0.1, -0.05) is 41.9 Å². The third kappa shape index (κ3) is 2.95. The Morgan fingerprint density at radius 1 is 1.14 bits per heavy atom. The number of carbonyl (C=O) groups excluding carboxylic acids is 1. The number of rotatable bonds is 3. The normalized spacial score (nSPS) is 10.6. The third-order valence-corrected chi connectivity index (χ3v) is 3.75. The molecule has 0 aliphatic carbocycles. The molecule has 0 aliphatic rings. The first-order chi connectivity index (χ1) is 10.6. The first-order valence-electron chi connectivity index (χ1n) is 6.99. The van der Waals surface area contributed by atoms with Gasteiger partial charge in [-0.05, 0) is 29.8 Å². The van der Waals surface area contributed by atoms with Gasteiger partial charge in [0, 0.05) is 30.2 Å². The number of benzene rings is 2. The number of pyridine rings is 1. The summed E-state index contributed by atoms with van der Waals surface area (Å²) in [6.07, 6.45) is 1.70. The maximum Gasteiger partial charge on any atom is 0.256 e. The average molecular weight is 311 g/mol. The number of nitrogens with zero attached hydrogens (tertiary/aromatic N) is 2. The predicted octanol–water partition coefficient (Wildman–Crippen LogP) is 4.16. The summed E-state index contributed by atoms with van der Waals surface area (Å²) in [7, 11) is 1.78. The summed E-state index contributed by atoms with van der Waals surface area (Å²) in [5.41, 5.74) is 2.34. The Morgan fingerprint density at radius 2 is 1.91 bits per heavy atom. The lowest BCUT2D eigenvalue weighted by Gasteiger charge is -2.18. The highest BCUT2D eigenvalue weighted by Gasteiger charge is 2.15. The fourth-order valence-electron chi connectivity index (χ4n) is 2.46. The Hall–Kier alpha value is -2.39. The number of aromatic nitrogens is 1. The van der Waals surface area contributed by atoms with E-state index in [0.29, 0.717) is 17.1 Å².